The van der Waals surface area contributed by atoms with Crippen LogP contribution in [0.1, 0.15) is 86.0 Å². The van der Waals surface area contributed by atoms with Gasteiger partial charge in [-0.25, -0.2) is 9.97 Å². The molecule has 0 aliphatic rings. The van der Waals surface area contributed by atoms with Crippen molar-refractivity contribution in [3.05, 3.63) is 46.4 Å². The number of aliphatic hydroxyl groups is 10. The number of aliphatic hydroxyl groups excluding tert-OH is 10. The first-order valence-corrected chi connectivity index (χ1v) is 26.6. The van der Waals surface area contributed by atoms with Gasteiger partial charge in [-0.2, -0.15) is 0 Å². The lowest BCUT2D eigenvalue weighted by Crippen LogP contribution is -2.52. The first kappa shape index (κ1) is 68.6. The third-order valence-corrected chi connectivity index (χ3v) is 12.8. The number of guanidine groups is 1. The van der Waals surface area contributed by atoms with Crippen molar-refractivity contribution in [2.75, 3.05) is 91.0 Å². The van der Waals surface area contributed by atoms with Gasteiger partial charge in [0.15, 0.2) is 22.6 Å². The summed E-state index contributed by atoms with van der Waals surface area (Å²) in [5.74, 6) is -0.910. The maximum atomic E-state index is 13.4. The molecule has 10 atom stereocenters. The number of aliphatic imine (C=N–C) groups is 1. The lowest BCUT2D eigenvalue weighted by molar-refractivity contribution is -0.125. The number of hydrogen-bond donors (Lipinski definition) is 19. The van der Waals surface area contributed by atoms with E-state index in [0.29, 0.717) is 115 Å². The Morgan fingerprint density at radius 2 is 1.18 bits per heavy atom. The summed E-state index contributed by atoms with van der Waals surface area (Å²) in [5.41, 5.74) is 24.4. The topological polar surface area (TPSA) is 468 Å². The number of aryl methyl sites for hydroxylation is 2. The summed E-state index contributed by atoms with van der Waals surface area (Å²) >= 11 is 5.98. The first-order valence-electron chi connectivity index (χ1n) is 26.2. The highest BCUT2D eigenvalue weighted by molar-refractivity contribution is 6.30. The van der Waals surface area contributed by atoms with E-state index in [2.05, 4.69) is 46.4 Å². The van der Waals surface area contributed by atoms with Gasteiger partial charge in [-0.1, -0.05) is 36.6 Å². The fourth-order valence-corrected chi connectivity index (χ4v) is 7.85. The number of aromatic nitrogens is 2. The number of nitrogen functional groups attached to an aromatic ring is 1. The summed E-state index contributed by atoms with van der Waals surface area (Å²) in [7, 11) is 0. The Balaban J connectivity index is 2.03. The number of rotatable bonds is 42. The Hall–Kier alpha value is -4.53. The Kier molecular flexibility index (Phi) is 34.7. The highest BCUT2D eigenvalue weighted by atomic mass is 35.5. The number of amides is 3. The maximum absolute atomic E-state index is 13.4. The molecule has 1 aromatic carbocycles. The molecule has 28 heteroatoms. The van der Waals surface area contributed by atoms with Crippen LogP contribution < -0.4 is 54.3 Å². The minimum absolute atomic E-state index is 0.0513. The highest BCUT2D eigenvalue weighted by Crippen LogP contribution is 2.16. The van der Waals surface area contributed by atoms with Crippen molar-refractivity contribution in [3.63, 3.8) is 0 Å². The molecule has 77 heavy (non-hydrogen) atoms. The van der Waals surface area contributed by atoms with E-state index in [-0.39, 0.29) is 60.6 Å². The summed E-state index contributed by atoms with van der Waals surface area (Å²) in [6.07, 6.45) is -7.25. The van der Waals surface area contributed by atoms with Gasteiger partial charge in [0, 0.05) is 39.3 Å². The van der Waals surface area contributed by atoms with E-state index in [1.807, 2.05) is 24.3 Å². The Morgan fingerprint density at radius 1 is 0.688 bits per heavy atom. The van der Waals surface area contributed by atoms with Crippen molar-refractivity contribution >= 4 is 41.1 Å². The third kappa shape index (κ3) is 26.8. The molecule has 27 nitrogen and oxygen atoms in total. The molecule has 440 valence electrons. The molecular weight excluding hydrogens is 1030 g/mol. The van der Waals surface area contributed by atoms with Crippen LogP contribution in [0.4, 0.5) is 5.82 Å². The van der Waals surface area contributed by atoms with E-state index in [1.54, 1.807) is 6.92 Å². The zero-order valence-corrected chi connectivity index (χ0v) is 44.9. The normalized spacial score (nSPS) is 15.9. The van der Waals surface area contributed by atoms with Crippen LogP contribution in [0.3, 0.4) is 0 Å². The number of benzene rings is 1. The fourth-order valence-electron chi connectivity index (χ4n) is 7.73. The smallest absolute Gasteiger partial charge is 0.280 e. The monoisotopic (exact) mass is 1120 g/mol. The molecule has 23 N–H and O–H groups in total. The molecule has 0 aliphatic heterocycles. The number of anilines is 1. The van der Waals surface area contributed by atoms with Crippen molar-refractivity contribution in [3.8, 4) is 5.75 Å². The second-order valence-corrected chi connectivity index (χ2v) is 19.1. The third-order valence-electron chi connectivity index (χ3n) is 12.5. The van der Waals surface area contributed by atoms with Gasteiger partial charge in [0.2, 0.25) is 11.8 Å². The fraction of sp³-hybridized carbons (Fsp3) is 0.714. The standard InChI is InChI=1S/C49H88ClN13O14/c1-30-44(50)61-39(45(53)60-30)48(76)62-49(54)57-19-7-4-10-31-13-15-32(16-14-31)77-25-24-63(22-8-20-55-46(74)33(11-2-5-17-51)58-26-35(66)40(70)42(72)37(68)28-64)23-9-21-56-47(75)34(12-3-6-18-52)59-27-36(67)41(71)43(73)38(69)29-65/h13-16,33-38,40-43,58-59,64-73H,2-12,17-29,51-52H2,1H3,(H2,53,60)(H,55,74)(H,56,75)(H3,54,57,62,76)/t33-,34-,35-,36-,37+,38+,40+,41+,42+,43+/m0/s1. The molecule has 0 saturated heterocycles. The molecule has 0 spiro atoms. The van der Waals surface area contributed by atoms with Gasteiger partial charge in [0.1, 0.15) is 49.0 Å². The summed E-state index contributed by atoms with van der Waals surface area (Å²) < 4.78 is 6.12. The van der Waals surface area contributed by atoms with Crippen molar-refractivity contribution in [2.24, 2.45) is 22.2 Å². The van der Waals surface area contributed by atoms with E-state index < -0.39 is 80.0 Å². The van der Waals surface area contributed by atoms with Crippen LogP contribution in [0.5, 0.6) is 5.75 Å². The predicted octanol–water partition coefficient (Wildman–Crippen LogP) is -5.17. The maximum Gasteiger partial charge on any atom is 0.280 e. The number of carbonyl (C=O) groups is 3. The van der Waals surface area contributed by atoms with Gasteiger partial charge < -0.3 is 100 Å². The lowest BCUT2D eigenvalue weighted by Gasteiger charge is -2.27. The van der Waals surface area contributed by atoms with Crippen molar-refractivity contribution in [2.45, 2.75) is 138 Å². The largest absolute Gasteiger partial charge is 0.492 e. The molecule has 2 aromatic rings. The summed E-state index contributed by atoms with van der Waals surface area (Å²) in [4.78, 5) is 53.6. The second kappa shape index (κ2) is 38.9. The van der Waals surface area contributed by atoms with Gasteiger partial charge in [0.05, 0.1) is 43.2 Å². The van der Waals surface area contributed by atoms with Gasteiger partial charge in [0.25, 0.3) is 5.91 Å². The zero-order chi connectivity index (χ0) is 57.3. The van der Waals surface area contributed by atoms with Gasteiger partial charge in [-0.05, 0) is 109 Å². The van der Waals surface area contributed by atoms with Crippen molar-refractivity contribution in [1.82, 2.24) is 41.5 Å². The molecule has 2 rings (SSSR count). The Bertz CT molecular complexity index is 1940. The van der Waals surface area contributed by atoms with Gasteiger partial charge in [-0.3, -0.25) is 29.6 Å². The number of halogens is 1. The number of ether oxygens (including phenoxy) is 1. The summed E-state index contributed by atoms with van der Waals surface area (Å²) in [6.45, 7) is 2.91. The molecule has 0 fully saturated rings. The average Bonchev–Trinajstić information content (AvgIpc) is 3.42. The molecule has 0 aliphatic carbocycles. The van der Waals surface area contributed by atoms with E-state index >= 15 is 0 Å². The number of nitrogens with one attached hydrogen (secondary N) is 5. The van der Waals surface area contributed by atoms with Crippen LogP contribution >= 0.6 is 11.6 Å². The summed E-state index contributed by atoms with van der Waals surface area (Å²) in [6, 6.07) is 6.12. The quantitative estimate of drug-likeness (QED) is 0.0168. The number of nitrogens with two attached hydrogens (primary N) is 4. The van der Waals surface area contributed by atoms with Crippen LogP contribution in [-0.2, 0) is 16.0 Å². The van der Waals surface area contributed by atoms with Crippen LogP contribution in [0.15, 0.2) is 29.3 Å². The number of nitrogens with zero attached hydrogens (tertiary/aromatic N) is 4. The van der Waals surface area contributed by atoms with Crippen LogP contribution in [-0.4, -0.2) is 236 Å². The van der Waals surface area contributed by atoms with Crippen LogP contribution in [0.25, 0.3) is 0 Å². The molecule has 0 bridgehead atoms. The lowest BCUT2D eigenvalue weighted by atomic mass is 10.0. The Morgan fingerprint density at radius 3 is 1.66 bits per heavy atom. The van der Waals surface area contributed by atoms with Crippen LogP contribution in [0, 0.1) is 6.92 Å². The molecule has 3 amide bonds. The van der Waals surface area contributed by atoms with E-state index in [0.717, 1.165) is 18.4 Å². The molecule has 1 heterocycles. The van der Waals surface area contributed by atoms with E-state index in [4.69, 9.17) is 49.5 Å². The molecular formula is C49H88ClN13O14. The molecule has 1 aromatic heterocycles. The first-order chi connectivity index (χ1) is 36.8. The summed E-state index contributed by atoms with van der Waals surface area (Å²) in [5, 5.41) is 113. The second-order valence-electron chi connectivity index (χ2n) is 18.7. The molecule has 0 unspecified atom stereocenters. The number of unbranched alkanes of at least 4 members (excludes halogenated alkanes) is 3. The molecule has 0 saturated carbocycles. The molecule has 0 radical (unpaired) electrons. The van der Waals surface area contributed by atoms with Gasteiger partial charge in [-0.15, -0.1) is 0 Å². The number of carbonyl (C=O) groups excluding carboxylic acids is 3. The highest BCUT2D eigenvalue weighted by Gasteiger charge is 2.32. The average molecular weight is 1120 g/mol. The van der Waals surface area contributed by atoms with Crippen molar-refractivity contribution in [1.29, 1.82) is 0 Å². The minimum Gasteiger partial charge on any atom is -0.492 e. The van der Waals surface area contributed by atoms with E-state index in [1.165, 1.54) is 0 Å². The number of hydrogen-bond acceptors (Lipinski definition) is 23. The van der Waals surface area contributed by atoms with Crippen molar-refractivity contribution < 1.29 is 70.2 Å². The van der Waals surface area contributed by atoms with Crippen LogP contribution in [0.2, 0.25) is 5.15 Å². The Labute approximate surface area is 455 Å². The van der Waals surface area contributed by atoms with Gasteiger partial charge >= 0.3 is 0 Å². The SMILES string of the molecule is Cc1nc(N)c(C(=O)NC(N)=NCCCCc2ccc(OCCN(CCCNC(=O)[C@H](CCCCN)NC[C@H](O)[C@@H](O)[C@H](O)[C@H](O)CO)CCCNC(=O)[C@H](CCCCN)NC[C@H](O)[C@@H](O)[C@H](O)[C@H](O)CO)cc2)nc1Cl. The zero-order valence-electron chi connectivity index (χ0n) is 44.1. The minimum atomic E-state index is -1.81. The predicted molar refractivity (Wildman–Crippen MR) is 288 cm³/mol. The van der Waals surface area contributed by atoms with E-state index in [9.17, 15) is 55.2 Å².